The second kappa shape index (κ2) is 5.82. The number of hydrogen-bond acceptors (Lipinski definition) is 4. The number of aliphatic imine (C=N–C) groups is 1. The quantitative estimate of drug-likeness (QED) is 0.536. The van der Waals surface area contributed by atoms with Crippen LogP contribution < -0.4 is 9.64 Å². The molecule has 4 heteroatoms. The van der Waals surface area contributed by atoms with Gasteiger partial charge in [-0.15, -0.1) is 0 Å². The van der Waals surface area contributed by atoms with Crippen LogP contribution in [-0.2, 0) is 5.41 Å². The van der Waals surface area contributed by atoms with Crippen molar-refractivity contribution in [2.75, 3.05) is 4.90 Å². The fourth-order valence-corrected chi connectivity index (χ4v) is 5.96. The Morgan fingerprint density at radius 3 is 2.69 bits per heavy atom. The third-order valence-corrected chi connectivity index (χ3v) is 7.09. The number of anilines is 1. The van der Waals surface area contributed by atoms with Crippen molar-refractivity contribution in [3.63, 3.8) is 0 Å². The first kappa shape index (κ1) is 17.0. The molecule has 1 aromatic heterocycles. The SMILES string of the molecule is CC(C)N1c2ccccc2C2(CCCC2)C12C=Nc1ccc3ccncc3c1O2. The van der Waals surface area contributed by atoms with Gasteiger partial charge in [-0.1, -0.05) is 37.1 Å². The van der Waals surface area contributed by atoms with E-state index in [-0.39, 0.29) is 11.5 Å². The number of ether oxygens (including phenoxy) is 1. The van der Waals surface area contributed by atoms with E-state index in [1.165, 1.54) is 24.1 Å². The Balaban J connectivity index is 1.64. The normalized spacial score (nSPS) is 23.8. The van der Waals surface area contributed by atoms with E-state index in [2.05, 4.69) is 66.3 Å². The molecule has 4 nitrogen and oxygen atoms in total. The number of hydrogen-bond donors (Lipinski definition) is 0. The summed E-state index contributed by atoms with van der Waals surface area (Å²) in [7, 11) is 0. The number of pyridine rings is 1. The molecule has 2 aliphatic heterocycles. The van der Waals surface area contributed by atoms with Crippen LogP contribution in [0.15, 0.2) is 59.9 Å². The van der Waals surface area contributed by atoms with Gasteiger partial charge in [-0.05, 0) is 55.8 Å². The van der Waals surface area contributed by atoms with E-state index in [1.807, 2.05) is 18.5 Å². The topological polar surface area (TPSA) is 37.7 Å². The third-order valence-electron chi connectivity index (χ3n) is 7.09. The molecular weight excluding hydrogens is 358 g/mol. The van der Waals surface area contributed by atoms with Gasteiger partial charge in [0.2, 0.25) is 5.72 Å². The van der Waals surface area contributed by atoms with E-state index in [0.29, 0.717) is 0 Å². The largest absolute Gasteiger partial charge is 0.459 e. The van der Waals surface area contributed by atoms with Gasteiger partial charge in [0.25, 0.3) is 0 Å². The van der Waals surface area contributed by atoms with E-state index in [0.717, 1.165) is 35.1 Å². The van der Waals surface area contributed by atoms with Gasteiger partial charge in [-0.2, -0.15) is 0 Å². The maximum absolute atomic E-state index is 7.12. The Kier molecular flexibility index (Phi) is 3.41. The van der Waals surface area contributed by atoms with E-state index in [4.69, 9.17) is 9.73 Å². The van der Waals surface area contributed by atoms with Gasteiger partial charge >= 0.3 is 0 Å². The van der Waals surface area contributed by atoms with Crippen molar-refractivity contribution >= 4 is 28.4 Å². The summed E-state index contributed by atoms with van der Waals surface area (Å²) in [5, 5.41) is 2.17. The lowest BCUT2D eigenvalue weighted by Crippen LogP contribution is -2.65. The van der Waals surface area contributed by atoms with Crippen LogP contribution in [0.4, 0.5) is 11.4 Å². The highest BCUT2D eigenvalue weighted by molar-refractivity contribution is 5.97. The second-order valence-electron chi connectivity index (χ2n) is 8.84. The first-order chi connectivity index (χ1) is 14.2. The van der Waals surface area contributed by atoms with Crippen molar-refractivity contribution in [2.45, 2.75) is 56.7 Å². The number of fused-ring (bicyclic) bond motifs is 6. The molecule has 3 aromatic rings. The van der Waals surface area contributed by atoms with Gasteiger partial charge in [0.05, 0.1) is 11.6 Å². The summed E-state index contributed by atoms with van der Waals surface area (Å²) in [6.07, 6.45) is 10.5. The summed E-state index contributed by atoms with van der Waals surface area (Å²) in [4.78, 5) is 11.8. The van der Waals surface area contributed by atoms with Gasteiger partial charge in [0, 0.05) is 29.5 Å². The van der Waals surface area contributed by atoms with Crippen LogP contribution >= 0.6 is 0 Å². The van der Waals surface area contributed by atoms with Crippen LogP contribution in [0, 0.1) is 0 Å². The Morgan fingerprint density at radius 2 is 1.86 bits per heavy atom. The summed E-state index contributed by atoms with van der Waals surface area (Å²) >= 11 is 0. The molecular formula is C25H25N3O. The molecule has 146 valence electrons. The minimum Gasteiger partial charge on any atom is -0.459 e. The predicted molar refractivity (Wildman–Crippen MR) is 117 cm³/mol. The molecule has 0 amide bonds. The Bertz CT molecular complexity index is 1150. The molecule has 1 atom stereocenters. The molecule has 2 aromatic carbocycles. The van der Waals surface area contributed by atoms with Crippen molar-refractivity contribution in [3.8, 4) is 5.75 Å². The van der Waals surface area contributed by atoms with Crippen LogP contribution in [0.25, 0.3) is 10.8 Å². The minimum absolute atomic E-state index is 0.0700. The standard InChI is InChI=1S/C25H25N3O/c1-17(2)28-22-8-4-3-7-20(22)24(12-5-6-13-24)25(28)16-27-21-10-9-18-11-14-26-15-19(18)23(21)29-25/h3-4,7-11,14-17H,5-6,12-13H2,1-2H3. The Labute approximate surface area is 171 Å². The Hall–Kier alpha value is -2.88. The molecule has 1 unspecified atom stereocenters. The van der Waals surface area contributed by atoms with Crippen LogP contribution in [0.2, 0.25) is 0 Å². The van der Waals surface area contributed by atoms with Crippen LogP contribution in [-0.4, -0.2) is 23.0 Å². The lowest BCUT2D eigenvalue weighted by molar-refractivity contribution is 0.0583. The third kappa shape index (κ3) is 2.04. The zero-order valence-corrected chi connectivity index (χ0v) is 16.9. The molecule has 1 saturated carbocycles. The molecule has 2 spiro atoms. The molecule has 29 heavy (non-hydrogen) atoms. The van der Waals surface area contributed by atoms with E-state index >= 15 is 0 Å². The number of rotatable bonds is 1. The lowest BCUT2D eigenvalue weighted by Gasteiger charge is -2.49. The monoisotopic (exact) mass is 383 g/mol. The van der Waals surface area contributed by atoms with Gasteiger partial charge in [0.1, 0.15) is 5.69 Å². The highest BCUT2D eigenvalue weighted by Crippen LogP contribution is 2.61. The fourth-order valence-electron chi connectivity index (χ4n) is 5.96. The number of nitrogens with zero attached hydrogens (tertiary/aromatic N) is 3. The molecule has 3 heterocycles. The molecule has 0 radical (unpaired) electrons. The van der Waals surface area contributed by atoms with Crippen molar-refractivity contribution in [3.05, 3.63) is 60.4 Å². The van der Waals surface area contributed by atoms with Crippen molar-refractivity contribution in [2.24, 2.45) is 4.99 Å². The zero-order valence-electron chi connectivity index (χ0n) is 16.9. The van der Waals surface area contributed by atoms with Crippen LogP contribution in [0.3, 0.4) is 0 Å². The van der Waals surface area contributed by atoms with Gasteiger partial charge in [-0.25, -0.2) is 0 Å². The first-order valence-corrected chi connectivity index (χ1v) is 10.7. The van der Waals surface area contributed by atoms with Crippen LogP contribution in [0.1, 0.15) is 45.1 Å². The van der Waals surface area contributed by atoms with Crippen molar-refractivity contribution in [1.29, 1.82) is 0 Å². The van der Waals surface area contributed by atoms with Crippen LogP contribution in [0.5, 0.6) is 5.75 Å². The maximum atomic E-state index is 7.12. The average Bonchev–Trinajstić information content (AvgIpc) is 3.32. The average molecular weight is 383 g/mol. The smallest absolute Gasteiger partial charge is 0.229 e. The highest BCUT2D eigenvalue weighted by Gasteiger charge is 2.65. The summed E-state index contributed by atoms with van der Waals surface area (Å²) in [5.41, 5.74) is 2.93. The first-order valence-electron chi connectivity index (χ1n) is 10.7. The minimum atomic E-state index is -0.599. The summed E-state index contributed by atoms with van der Waals surface area (Å²) in [6.45, 7) is 4.51. The predicted octanol–water partition coefficient (Wildman–Crippen LogP) is 5.77. The van der Waals surface area contributed by atoms with E-state index in [1.54, 1.807) is 0 Å². The van der Waals surface area contributed by atoms with E-state index in [9.17, 15) is 0 Å². The van der Waals surface area contributed by atoms with Crippen molar-refractivity contribution < 1.29 is 4.74 Å². The summed E-state index contributed by atoms with van der Waals surface area (Å²) < 4.78 is 7.12. The van der Waals surface area contributed by atoms with E-state index < -0.39 is 5.72 Å². The molecule has 1 aliphatic carbocycles. The lowest BCUT2D eigenvalue weighted by atomic mass is 9.72. The highest BCUT2D eigenvalue weighted by atomic mass is 16.5. The molecule has 0 bridgehead atoms. The number of benzene rings is 2. The van der Waals surface area contributed by atoms with Crippen molar-refractivity contribution in [1.82, 2.24) is 4.98 Å². The summed E-state index contributed by atoms with van der Waals surface area (Å²) in [5.74, 6) is 0.864. The van der Waals surface area contributed by atoms with Gasteiger partial charge in [-0.3, -0.25) is 9.98 Å². The molecule has 1 fully saturated rings. The van der Waals surface area contributed by atoms with Gasteiger partial charge < -0.3 is 9.64 Å². The zero-order chi connectivity index (χ0) is 19.6. The fraction of sp³-hybridized carbons (Fsp3) is 0.360. The number of para-hydroxylation sites is 1. The van der Waals surface area contributed by atoms with Gasteiger partial charge in [0.15, 0.2) is 5.75 Å². The second-order valence-corrected chi connectivity index (χ2v) is 8.84. The molecule has 0 N–H and O–H groups in total. The molecule has 0 saturated heterocycles. The molecule has 6 rings (SSSR count). The maximum Gasteiger partial charge on any atom is 0.229 e. The summed E-state index contributed by atoms with van der Waals surface area (Å²) in [6, 6.07) is 15.4. The number of aromatic nitrogens is 1. The molecule has 3 aliphatic rings. The Morgan fingerprint density at radius 1 is 1.03 bits per heavy atom.